The van der Waals surface area contributed by atoms with E-state index in [1.54, 1.807) is 0 Å². The fraction of sp³-hybridized carbons (Fsp3) is 0.941. The Bertz CT molecular complexity index is 259. The zero-order chi connectivity index (χ0) is 15.9. The van der Waals surface area contributed by atoms with Gasteiger partial charge in [-0.25, -0.2) is 0 Å². The topological polar surface area (TPSA) is 29.1 Å². The number of rotatable bonds is 5. The quantitative estimate of drug-likeness (QED) is 0.734. The van der Waals surface area contributed by atoms with E-state index in [4.69, 9.17) is 0 Å². The number of amides is 1. The van der Waals surface area contributed by atoms with E-state index in [1.165, 1.54) is 0 Å². The highest BCUT2D eigenvalue weighted by atomic mass is 16.2. The normalized spacial score (nSPS) is 12.5. The van der Waals surface area contributed by atoms with Crippen molar-refractivity contribution in [2.75, 3.05) is 0 Å². The Balaban J connectivity index is 0. The van der Waals surface area contributed by atoms with E-state index in [9.17, 15) is 4.79 Å². The van der Waals surface area contributed by atoms with Crippen molar-refractivity contribution in [3.8, 4) is 0 Å². The van der Waals surface area contributed by atoms with Crippen LogP contribution in [0.4, 0.5) is 0 Å². The predicted molar refractivity (Wildman–Crippen MR) is 86.3 cm³/mol. The minimum atomic E-state index is -0.302. The molecule has 1 N–H and O–H groups in total. The van der Waals surface area contributed by atoms with Crippen LogP contribution in [0, 0.1) is 10.8 Å². The summed E-state index contributed by atoms with van der Waals surface area (Å²) < 4.78 is 0. The van der Waals surface area contributed by atoms with E-state index in [1.807, 2.05) is 27.7 Å². The summed E-state index contributed by atoms with van der Waals surface area (Å²) in [4.78, 5) is 12.3. The van der Waals surface area contributed by atoms with E-state index in [0.29, 0.717) is 0 Å². The molecule has 0 aliphatic carbocycles. The van der Waals surface area contributed by atoms with E-state index in [-0.39, 0.29) is 22.3 Å². The third-order valence-corrected chi connectivity index (χ3v) is 2.91. The SMILES string of the molecule is CC.CCCC(C)(C)NC(=O)C(C)(C)CC(C)(C)C. The lowest BCUT2D eigenvalue weighted by Crippen LogP contribution is -2.49. The molecule has 19 heavy (non-hydrogen) atoms. The van der Waals surface area contributed by atoms with Gasteiger partial charge in [0, 0.05) is 11.0 Å². The Morgan fingerprint density at radius 3 is 1.68 bits per heavy atom. The molecule has 0 aromatic carbocycles. The molecule has 0 bridgehead atoms. The van der Waals surface area contributed by atoms with Crippen LogP contribution < -0.4 is 5.32 Å². The standard InChI is InChI=1S/C15H31NO.C2H6/c1-9-10-15(7,8)16-12(17)14(5,6)11-13(2,3)4;1-2/h9-11H2,1-8H3,(H,16,17);1-2H3. The number of hydrogen-bond acceptors (Lipinski definition) is 1. The van der Waals surface area contributed by atoms with Gasteiger partial charge in [0.2, 0.25) is 5.91 Å². The Kier molecular flexibility index (Phi) is 8.66. The Morgan fingerprint density at radius 1 is 0.947 bits per heavy atom. The van der Waals surface area contributed by atoms with Crippen LogP contribution in [0.2, 0.25) is 0 Å². The summed E-state index contributed by atoms with van der Waals surface area (Å²) in [6, 6.07) is 0. The molecular formula is C17H37NO. The van der Waals surface area contributed by atoms with Crippen LogP contribution in [0.25, 0.3) is 0 Å². The zero-order valence-electron chi connectivity index (χ0n) is 15.0. The predicted octanol–water partition coefficient (Wildman–Crippen LogP) is 5.17. The molecule has 1 amide bonds. The Labute approximate surface area is 121 Å². The van der Waals surface area contributed by atoms with Crippen molar-refractivity contribution in [1.29, 1.82) is 0 Å². The summed E-state index contributed by atoms with van der Waals surface area (Å²) in [5.74, 6) is 0.172. The van der Waals surface area contributed by atoms with Gasteiger partial charge in [0.05, 0.1) is 0 Å². The molecule has 116 valence electrons. The minimum Gasteiger partial charge on any atom is -0.351 e. The van der Waals surface area contributed by atoms with Crippen molar-refractivity contribution in [3.63, 3.8) is 0 Å². The highest BCUT2D eigenvalue weighted by Gasteiger charge is 2.34. The van der Waals surface area contributed by atoms with Crippen molar-refractivity contribution < 1.29 is 4.79 Å². The molecule has 0 aromatic heterocycles. The maximum atomic E-state index is 12.3. The molecule has 0 spiro atoms. The summed E-state index contributed by atoms with van der Waals surface area (Å²) in [7, 11) is 0. The molecule has 2 heteroatoms. The first-order valence-electron chi connectivity index (χ1n) is 7.72. The molecule has 0 saturated heterocycles. The lowest BCUT2D eigenvalue weighted by Gasteiger charge is -2.35. The first kappa shape index (κ1) is 20.8. The molecule has 0 fully saturated rings. The van der Waals surface area contributed by atoms with Gasteiger partial charge in [-0.1, -0.05) is 61.8 Å². The van der Waals surface area contributed by atoms with Crippen LogP contribution in [-0.4, -0.2) is 11.4 Å². The van der Waals surface area contributed by atoms with Gasteiger partial charge in [0.15, 0.2) is 0 Å². The molecule has 0 unspecified atom stereocenters. The van der Waals surface area contributed by atoms with Gasteiger partial charge >= 0.3 is 0 Å². The molecule has 0 aliphatic heterocycles. The van der Waals surface area contributed by atoms with E-state index in [0.717, 1.165) is 19.3 Å². The van der Waals surface area contributed by atoms with Gasteiger partial charge in [-0.15, -0.1) is 0 Å². The average Bonchev–Trinajstić information content (AvgIpc) is 2.15. The second-order valence-corrected chi connectivity index (χ2v) is 7.71. The fourth-order valence-corrected chi connectivity index (χ4v) is 2.57. The lowest BCUT2D eigenvalue weighted by molar-refractivity contribution is -0.132. The second kappa shape index (κ2) is 7.91. The van der Waals surface area contributed by atoms with Gasteiger partial charge in [0.25, 0.3) is 0 Å². The number of hydrogen-bond donors (Lipinski definition) is 1. The van der Waals surface area contributed by atoms with E-state index >= 15 is 0 Å². The molecule has 0 rings (SSSR count). The fourth-order valence-electron chi connectivity index (χ4n) is 2.57. The molecule has 0 aliphatic rings. The molecule has 0 aromatic rings. The van der Waals surface area contributed by atoms with Crippen LogP contribution in [-0.2, 0) is 4.79 Å². The van der Waals surface area contributed by atoms with Crippen LogP contribution in [0.1, 0.15) is 88.5 Å². The second-order valence-electron chi connectivity index (χ2n) is 7.71. The van der Waals surface area contributed by atoms with Gasteiger partial charge in [-0.3, -0.25) is 4.79 Å². The maximum absolute atomic E-state index is 12.3. The average molecular weight is 271 g/mol. The van der Waals surface area contributed by atoms with Crippen LogP contribution >= 0.6 is 0 Å². The van der Waals surface area contributed by atoms with Crippen LogP contribution in [0.3, 0.4) is 0 Å². The Hall–Kier alpha value is -0.530. The molecule has 0 atom stereocenters. The van der Waals surface area contributed by atoms with Crippen LogP contribution in [0.5, 0.6) is 0 Å². The highest BCUT2D eigenvalue weighted by Crippen LogP contribution is 2.33. The smallest absolute Gasteiger partial charge is 0.226 e. The van der Waals surface area contributed by atoms with Gasteiger partial charge < -0.3 is 5.32 Å². The molecule has 0 heterocycles. The van der Waals surface area contributed by atoms with Crippen molar-refractivity contribution in [3.05, 3.63) is 0 Å². The summed E-state index contributed by atoms with van der Waals surface area (Å²) in [6.07, 6.45) is 3.01. The first-order valence-corrected chi connectivity index (χ1v) is 7.72. The number of carbonyl (C=O) groups excluding carboxylic acids is 1. The van der Waals surface area contributed by atoms with Gasteiger partial charge in [-0.2, -0.15) is 0 Å². The monoisotopic (exact) mass is 271 g/mol. The highest BCUT2D eigenvalue weighted by molar-refractivity contribution is 5.82. The summed E-state index contributed by atoms with van der Waals surface area (Å²) >= 11 is 0. The largest absolute Gasteiger partial charge is 0.351 e. The molecule has 0 radical (unpaired) electrons. The number of nitrogens with one attached hydrogen (secondary N) is 1. The van der Waals surface area contributed by atoms with E-state index in [2.05, 4.69) is 46.9 Å². The summed E-state index contributed by atoms with van der Waals surface area (Å²) in [6.45, 7) is 21.0. The number of carbonyl (C=O) groups is 1. The van der Waals surface area contributed by atoms with Crippen molar-refractivity contribution in [2.24, 2.45) is 10.8 Å². The minimum absolute atomic E-state index is 0.0962. The zero-order valence-corrected chi connectivity index (χ0v) is 15.0. The summed E-state index contributed by atoms with van der Waals surface area (Å²) in [5, 5.41) is 3.18. The van der Waals surface area contributed by atoms with Crippen molar-refractivity contribution in [2.45, 2.75) is 94.0 Å². The molecule has 0 saturated carbocycles. The summed E-state index contributed by atoms with van der Waals surface area (Å²) in [5.41, 5.74) is -0.222. The van der Waals surface area contributed by atoms with Crippen molar-refractivity contribution in [1.82, 2.24) is 5.32 Å². The van der Waals surface area contributed by atoms with E-state index < -0.39 is 0 Å². The van der Waals surface area contributed by atoms with Gasteiger partial charge in [-0.05, 0) is 32.1 Å². The third-order valence-electron chi connectivity index (χ3n) is 2.91. The Morgan fingerprint density at radius 2 is 1.37 bits per heavy atom. The van der Waals surface area contributed by atoms with Crippen LogP contribution in [0.15, 0.2) is 0 Å². The first-order chi connectivity index (χ1) is 8.40. The molecule has 2 nitrogen and oxygen atoms in total. The lowest BCUT2D eigenvalue weighted by atomic mass is 9.75. The van der Waals surface area contributed by atoms with Gasteiger partial charge in [0.1, 0.15) is 0 Å². The molecular weight excluding hydrogens is 234 g/mol. The van der Waals surface area contributed by atoms with Crippen molar-refractivity contribution >= 4 is 5.91 Å². The third kappa shape index (κ3) is 9.98. The maximum Gasteiger partial charge on any atom is 0.226 e.